The molecule has 0 saturated carbocycles. The second-order valence-corrected chi connectivity index (χ2v) is 7.79. The molecule has 4 rings (SSSR count). The molecule has 8 nitrogen and oxygen atoms in total. The first kappa shape index (κ1) is 25.1. The number of pyridine rings is 1. The second-order valence-electron chi connectivity index (χ2n) is 7.79. The van der Waals surface area contributed by atoms with E-state index in [2.05, 4.69) is 10.1 Å². The maximum atomic E-state index is 13.6. The summed E-state index contributed by atoms with van der Waals surface area (Å²) in [5.74, 6) is -0.706. The number of ether oxygens (including phenoxy) is 2. The van der Waals surface area contributed by atoms with Crippen molar-refractivity contribution < 1.29 is 23.0 Å². The van der Waals surface area contributed by atoms with Crippen LogP contribution in [0.15, 0.2) is 41.3 Å². The zero-order valence-electron chi connectivity index (χ0n) is 19.4. The molecule has 1 aromatic carbocycles. The van der Waals surface area contributed by atoms with Gasteiger partial charge >= 0.3 is 0 Å². The van der Waals surface area contributed by atoms with Crippen LogP contribution < -0.4 is 15.8 Å². The Kier molecular flexibility index (Phi) is 8.53. The van der Waals surface area contributed by atoms with Gasteiger partial charge in [0, 0.05) is 42.7 Å². The Balaban J connectivity index is 0.000000588. The van der Waals surface area contributed by atoms with E-state index in [1.165, 1.54) is 22.6 Å². The first-order valence-electron chi connectivity index (χ1n) is 11.0. The van der Waals surface area contributed by atoms with Crippen LogP contribution in [0.3, 0.4) is 0 Å². The van der Waals surface area contributed by atoms with Crippen LogP contribution in [0.25, 0.3) is 5.65 Å². The third-order valence-electron chi connectivity index (χ3n) is 5.19. The molecule has 1 aliphatic rings. The lowest BCUT2D eigenvalue weighted by Crippen LogP contribution is -2.37. The van der Waals surface area contributed by atoms with Crippen molar-refractivity contribution in [2.75, 3.05) is 43.1 Å². The van der Waals surface area contributed by atoms with Gasteiger partial charge in [0.15, 0.2) is 0 Å². The van der Waals surface area contributed by atoms with Crippen LogP contribution in [0, 0.1) is 18.6 Å². The molecule has 2 aromatic heterocycles. The number of anilines is 2. The lowest BCUT2D eigenvalue weighted by atomic mass is 10.1. The van der Waals surface area contributed by atoms with E-state index in [9.17, 15) is 18.4 Å². The fourth-order valence-electron chi connectivity index (χ4n) is 3.66. The van der Waals surface area contributed by atoms with Crippen molar-refractivity contribution in [1.29, 1.82) is 0 Å². The predicted molar refractivity (Wildman–Crippen MR) is 125 cm³/mol. The molecule has 3 aromatic rings. The van der Waals surface area contributed by atoms with Gasteiger partial charge in [0.2, 0.25) is 0 Å². The molecular weight excluding hydrogens is 446 g/mol. The molecule has 0 aliphatic carbocycles. The molecule has 0 spiro atoms. The number of morpholine rings is 1. The topological polar surface area (TPSA) is 85.2 Å². The number of hydrogen-bond donors (Lipinski definition) is 1. The van der Waals surface area contributed by atoms with Crippen molar-refractivity contribution in [3.05, 3.63) is 69.6 Å². The van der Waals surface area contributed by atoms with Crippen molar-refractivity contribution in [2.24, 2.45) is 0 Å². The maximum absolute atomic E-state index is 13.6. The fraction of sp³-hybridized carbons (Fsp3) is 0.375. The van der Waals surface area contributed by atoms with Crippen molar-refractivity contribution in [3.63, 3.8) is 0 Å². The molecule has 1 fully saturated rings. The third-order valence-corrected chi connectivity index (χ3v) is 5.19. The summed E-state index contributed by atoms with van der Waals surface area (Å²) in [6.45, 7) is 8.93. The van der Waals surface area contributed by atoms with E-state index in [0.29, 0.717) is 56.5 Å². The second kappa shape index (κ2) is 11.6. The number of nitrogens with zero attached hydrogens (tertiary/aromatic N) is 3. The van der Waals surface area contributed by atoms with E-state index >= 15 is 0 Å². The molecular formula is C24H28F2N4O4. The fourth-order valence-corrected chi connectivity index (χ4v) is 3.66. The Morgan fingerprint density at radius 2 is 1.85 bits per heavy atom. The zero-order valence-corrected chi connectivity index (χ0v) is 19.4. The minimum absolute atomic E-state index is 0.176. The molecule has 1 saturated heterocycles. The van der Waals surface area contributed by atoms with Crippen LogP contribution in [0.1, 0.15) is 31.0 Å². The number of aryl methyl sites for hydroxylation is 1. The highest BCUT2D eigenvalue weighted by atomic mass is 19.1. The van der Waals surface area contributed by atoms with Crippen molar-refractivity contribution in [3.8, 4) is 0 Å². The molecule has 3 heterocycles. The average Bonchev–Trinajstić information content (AvgIpc) is 2.80. The molecule has 182 valence electrons. The van der Waals surface area contributed by atoms with Crippen molar-refractivity contribution >= 4 is 23.6 Å². The third kappa shape index (κ3) is 6.28. The number of benzene rings is 1. The van der Waals surface area contributed by atoms with Gasteiger partial charge < -0.3 is 19.7 Å². The van der Waals surface area contributed by atoms with Crippen LogP contribution in [-0.2, 0) is 14.3 Å². The van der Waals surface area contributed by atoms with Gasteiger partial charge in [0.25, 0.3) is 12.0 Å². The highest BCUT2D eigenvalue weighted by Crippen LogP contribution is 2.25. The average molecular weight is 475 g/mol. The monoisotopic (exact) mass is 474 g/mol. The van der Waals surface area contributed by atoms with E-state index in [1.54, 1.807) is 13.1 Å². The molecule has 1 aliphatic heterocycles. The largest absolute Gasteiger partial charge is 0.468 e. The molecule has 1 atom stereocenters. The number of rotatable bonds is 6. The van der Waals surface area contributed by atoms with E-state index < -0.39 is 11.6 Å². The summed E-state index contributed by atoms with van der Waals surface area (Å²) in [5.41, 5.74) is 2.31. The summed E-state index contributed by atoms with van der Waals surface area (Å²) in [4.78, 5) is 28.7. The van der Waals surface area contributed by atoms with Gasteiger partial charge in [-0.1, -0.05) is 0 Å². The molecule has 0 bridgehead atoms. The van der Waals surface area contributed by atoms with Crippen molar-refractivity contribution in [1.82, 2.24) is 9.38 Å². The molecule has 1 N–H and O–H groups in total. The Bertz CT molecular complexity index is 1180. The van der Waals surface area contributed by atoms with Crippen LogP contribution in [0.5, 0.6) is 0 Å². The molecule has 10 heteroatoms. The van der Waals surface area contributed by atoms with Crippen LogP contribution in [0.2, 0.25) is 0 Å². The number of halogens is 2. The summed E-state index contributed by atoms with van der Waals surface area (Å²) in [5, 5.41) is 3.11. The standard InChI is InChI=1S/C21H22F2N4O2.C3H6O2/c1-13-7-18(14(2)24-17-9-15(22)8-16(23)10-17)21-25-19(11-20(28)27(21)12-13)26-3-5-29-6-4-26;1-2-5-3-4/h7-12,14,24H,3-6H2,1-2H3;3H,2H2,1H3. The normalized spacial score (nSPS) is 14.2. The van der Waals surface area contributed by atoms with Gasteiger partial charge in [-0.25, -0.2) is 13.8 Å². The Morgan fingerprint density at radius 1 is 1.18 bits per heavy atom. The van der Waals surface area contributed by atoms with Crippen molar-refractivity contribution in [2.45, 2.75) is 26.8 Å². The molecule has 0 radical (unpaired) electrons. The highest BCUT2D eigenvalue weighted by Gasteiger charge is 2.18. The van der Waals surface area contributed by atoms with E-state index in [-0.39, 0.29) is 11.6 Å². The zero-order chi connectivity index (χ0) is 24.7. The minimum atomic E-state index is -0.655. The van der Waals surface area contributed by atoms with E-state index in [4.69, 9.17) is 9.72 Å². The summed E-state index contributed by atoms with van der Waals surface area (Å²) < 4.78 is 38.2. The van der Waals surface area contributed by atoms with Gasteiger partial charge in [0.1, 0.15) is 23.1 Å². The van der Waals surface area contributed by atoms with Crippen LogP contribution in [-0.4, -0.2) is 48.8 Å². The minimum Gasteiger partial charge on any atom is -0.468 e. The quantitative estimate of drug-likeness (QED) is 0.548. The number of carbonyl (C=O) groups excluding carboxylic acids is 1. The Labute approximate surface area is 196 Å². The van der Waals surface area contributed by atoms with Gasteiger partial charge in [-0.15, -0.1) is 0 Å². The number of carbonyl (C=O) groups is 1. The van der Waals surface area contributed by atoms with Gasteiger partial charge in [-0.2, -0.15) is 0 Å². The van der Waals surface area contributed by atoms with E-state index in [1.807, 2.05) is 24.8 Å². The smallest absolute Gasteiger partial charge is 0.293 e. The number of aromatic nitrogens is 2. The number of fused-ring (bicyclic) bond motifs is 1. The number of hydrogen-bond acceptors (Lipinski definition) is 7. The summed E-state index contributed by atoms with van der Waals surface area (Å²) in [6, 6.07) is 6.41. The number of nitrogens with one attached hydrogen (secondary N) is 1. The first-order valence-corrected chi connectivity index (χ1v) is 11.0. The molecule has 34 heavy (non-hydrogen) atoms. The summed E-state index contributed by atoms with van der Waals surface area (Å²) in [7, 11) is 0. The lowest BCUT2D eigenvalue weighted by Gasteiger charge is -2.28. The SMILES string of the molecule is CCOC=O.Cc1cc(C(C)Nc2cc(F)cc(F)c2)c2nc(N3CCOCC3)cc(=O)n2c1. The molecule has 0 amide bonds. The van der Waals surface area contributed by atoms with Crippen LogP contribution in [0.4, 0.5) is 20.3 Å². The Morgan fingerprint density at radius 3 is 2.44 bits per heavy atom. The lowest BCUT2D eigenvalue weighted by molar-refractivity contribution is -0.128. The van der Waals surface area contributed by atoms with E-state index in [0.717, 1.165) is 17.2 Å². The maximum Gasteiger partial charge on any atom is 0.293 e. The highest BCUT2D eigenvalue weighted by molar-refractivity contribution is 5.58. The Hall–Kier alpha value is -3.53. The molecule has 1 unspecified atom stereocenters. The van der Waals surface area contributed by atoms with Crippen LogP contribution >= 0.6 is 0 Å². The first-order chi connectivity index (χ1) is 16.3. The summed E-state index contributed by atoms with van der Waals surface area (Å²) >= 11 is 0. The summed E-state index contributed by atoms with van der Waals surface area (Å²) in [6.07, 6.45) is 1.74. The predicted octanol–water partition coefficient (Wildman–Crippen LogP) is 3.47. The van der Waals surface area contributed by atoms with Gasteiger partial charge in [-0.3, -0.25) is 14.0 Å². The van der Waals surface area contributed by atoms with Gasteiger partial charge in [0.05, 0.1) is 25.9 Å². The van der Waals surface area contributed by atoms with Gasteiger partial charge in [-0.05, 0) is 44.5 Å².